The quantitative estimate of drug-likeness (QED) is 0.432. The van der Waals surface area contributed by atoms with Gasteiger partial charge in [-0.1, -0.05) is 60.2 Å². The Bertz CT molecular complexity index is 1270. The molecule has 3 N–H and O–H groups in total. The van der Waals surface area contributed by atoms with Gasteiger partial charge in [-0.15, -0.1) is 9.24 Å². The number of hydrogen-bond acceptors (Lipinski definition) is 4. The van der Waals surface area contributed by atoms with Crippen LogP contribution in [0.4, 0.5) is 5.69 Å². The van der Waals surface area contributed by atoms with Crippen molar-refractivity contribution in [1.29, 1.82) is 0 Å². The van der Waals surface area contributed by atoms with E-state index in [4.69, 9.17) is 0 Å². The first kappa shape index (κ1) is 25.6. The summed E-state index contributed by atoms with van der Waals surface area (Å²) >= 11 is 0. The molecule has 0 bridgehead atoms. The van der Waals surface area contributed by atoms with E-state index in [-0.39, 0.29) is 23.8 Å². The maximum absolute atomic E-state index is 13.9. The maximum Gasteiger partial charge on any atom is 0.251 e. The predicted octanol–water partition coefficient (Wildman–Crippen LogP) is 3.78. The van der Waals surface area contributed by atoms with Gasteiger partial charge < -0.3 is 16.0 Å². The highest BCUT2D eigenvalue weighted by atomic mass is 31.0. The lowest BCUT2D eigenvalue weighted by atomic mass is 9.78. The number of amides is 2. The molecule has 0 saturated heterocycles. The van der Waals surface area contributed by atoms with Gasteiger partial charge in [0.15, 0.2) is 0 Å². The second kappa shape index (κ2) is 11.1. The van der Waals surface area contributed by atoms with E-state index in [9.17, 15) is 9.59 Å². The van der Waals surface area contributed by atoms with Crippen LogP contribution < -0.4 is 21.3 Å². The summed E-state index contributed by atoms with van der Waals surface area (Å²) in [5.41, 5.74) is 4.36. The Labute approximate surface area is 215 Å². The van der Waals surface area contributed by atoms with Crippen LogP contribution >= 0.6 is 9.24 Å². The molecule has 3 aromatic carbocycles. The molecule has 0 saturated carbocycles. The van der Waals surface area contributed by atoms with Crippen molar-refractivity contribution in [1.82, 2.24) is 15.5 Å². The monoisotopic (exact) mass is 500 g/mol. The minimum Gasteiger partial charge on any atom is -0.342 e. The molecule has 4 atom stereocenters. The number of rotatable bonds is 7. The van der Waals surface area contributed by atoms with E-state index in [1.807, 2.05) is 86.8 Å². The Morgan fingerprint density at radius 2 is 1.69 bits per heavy atom. The summed E-state index contributed by atoms with van der Waals surface area (Å²) in [6.07, 6.45) is 0. The molecule has 3 aromatic rings. The second-order valence-corrected chi connectivity index (χ2v) is 9.83. The molecule has 0 fully saturated rings. The molecule has 7 heteroatoms. The lowest BCUT2D eigenvalue weighted by Gasteiger charge is -2.42. The second-order valence-electron chi connectivity index (χ2n) is 9.17. The SMILES string of the molecule is CNC(C)C1=C(Nc2ccccc2)N(C)C(=O)[C@@H](NC(=O)c2cccc(C)c2)[C@H]1c1ccc(P)cc1. The van der Waals surface area contributed by atoms with Crippen molar-refractivity contribution < 1.29 is 9.59 Å². The number of likely N-dealkylation sites (N-methyl/N-ethyl adjacent to an activating group) is 2. The molecule has 6 nitrogen and oxygen atoms in total. The molecule has 4 rings (SSSR count). The van der Waals surface area contributed by atoms with Crippen molar-refractivity contribution in [2.45, 2.75) is 31.8 Å². The van der Waals surface area contributed by atoms with Gasteiger partial charge in [0.2, 0.25) is 0 Å². The van der Waals surface area contributed by atoms with Crippen molar-refractivity contribution in [3.8, 4) is 0 Å². The zero-order valence-electron chi connectivity index (χ0n) is 21.1. The van der Waals surface area contributed by atoms with Crippen LogP contribution in [0, 0.1) is 6.92 Å². The van der Waals surface area contributed by atoms with E-state index in [0.717, 1.165) is 27.7 Å². The van der Waals surface area contributed by atoms with Crippen molar-refractivity contribution in [2.24, 2.45) is 0 Å². The van der Waals surface area contributed by atoms with Crippen molar-refractivity contribution >= 4 is 32.0 Å². The zero-order valence-corrected chi connectivity index (χ0v) is 22.2. The molecule has 0 aromatic heterocycles. The Balaban J connectivity index is 1.85. The van der Waals surface area contributed by atoms with Crippen molar-refractivity contribution in [3.05, 3.63) is 107 Å². The maximum atomic E-state index is 13.9. The summed E-state index contributed by atoms with van der Waals surface area (Å²) in [6.45, 7) is 4.02. The fraction of sp³-hybridized carbons (Fsp3) is 0.241. The third-order valence-electron chi connectivity index (χ3n) is 6.67. The standard InChI is InChI=1S/C29H33N4O2P/c1-18-9-8-10-21(17-18)28(34)32-26-25(20-13-15-23(36)16-14-20)24(19(2)30-3)27(33(4)29(26)35)31-22-11-6-5-7-12-22/h5-17,19,25-26,30-31H,36H2,1-4H3,(H,32,34)/t19?,25-,26-/m0/s1. The average molecular weight is 501 g/mol. The topological polar surface area (TPSA) is 73.5 Å². The summed E-state index contributed by atoms with van der Waals surface area (Å²) in [7, 11) is 6.35. The fourth-order valence-electron chi connectivity index (χ4n) is 4.66. The molecule has 0 radical (unpaired) electrons. The van der Waals surface area contributed by atoms with Crippen LogP contribution in [0.15, 0.2) is 90.3 Å². The highest BCUT2D eigenvalue weighted by molar-refractivity contribution is 7.27. The highest BCUT2D eigenvalue weighted by Crippen LogP contribution is 2.38. The van der Waals surface area contributed by atoms with Crippen molar-refractivity contribution in [2.75, 3.05) is 19.4 Å². The average Bonchev–Trinajstić information content (AvgIpc) is 2.89. The number of carbonyl (C=O) groups excluding carboxylic acids is 2. The van der Waals surface area contributed by atoms with E-state index in [1.54, 1.807) is 18.0 Å². The highest BCUT2D eigenvalue weighted by Gasteiger charge is 2.44. The van der Waals surface area contributed by atoms with Gasteiger partial charge in [0, 0.05) is 30.3 Å². The number of carbonyl (C=O) groups is 2. The molecule has 1 aliphatic rings. The van der Waals surface area contributed by atoms with Gasteiger partial charge in [-0.3, -0.25) is 14.5 Å². The largest absolute Gasteiger partial charge is 0.342 e. The van der Waals surface area contributed by atoms with Gasteiger partial charge in [-0.05, 0) is 61.6 Å². The van der Waals surface area contributed by atoms with Gasteiger partial charge in [0.25, 0.3) is 11.8 Å². The first-order valence-corrected chi connectivity index (χ1v) is 12.6. The molecule has 186 valence electrons. The number of anilines is 1. The van der Waals surface area contributed by atoms with Gasteiger partial charge >= 0.3 is 0 Å². The number of nitrogens with one attached hydrogen (secondary N) is 3. The first-order chi connectivity index (χ1) is 17.3. The molecule has 1 heterocycles. The van der Waals surface area contributed by atoms with Crippen LogP contribution in [0.25, 0.3) is 0 Å². The summed E-state index contributed by atoms with van der Waals surface area (Å²) in [4.78, 5) is 28.8. The van der Waals surface area contributed by atoms with Gasteiger partial charge in [0.05, 0.1) is 0 Å². The third-order valence-corrected chi connectivity index (χ3v) is 7.06. The minimum absolute atomic E-state index is 0.0780. The predicted molar refractivity (Wildman–Crippen MR) is 149 cm³/mol. The normalized spacial score (nSPS) is 18.7. The molecular weight excluding hydrogens is 467 g/mol. The first-order valence-electron chi connectivity index (χ1n) is 12.0. The van der Waals surface area contributed by atoms with E-state index in [0.29, 0.717) is 11.4 Å². The van der Waals surface area contributed by atoms with Crippen LogP contribution in [-0.4, -0.2) is 42.9 Å². The third kappa shape index (κ3) is 5.35. The number of aryl methyl sites for hydroxylation is 1. The van der Waals surface area contributed by atoms with E-state index in [2.05, 4.69) is 32.1 Å². The minimum atomic E-state index is -0.773. The van der Waals surface area contributed by atoms with Crippen molar-refractivity contribution in [3.63, 3.8) is 0 Å². The number of hydrogen-bond donors (Lipinski definition) is 3. The van der Waals surface area contributed by atoms with Crippen LogP contribution in [0.2, 0.25) is 0 Å². The Hall–Kier alpha value is -3.47. The van der Waals surface area contributed by atoms with E-state index >= 15 is 0 Å². The van der Waals surface area contributed by atoms with Crippen LogP contribution in [0.5, 0.6) is 0 Å². The van der Waals surface area contributed by atoms with Gasteiger partial charge in [0.1, 0.15) is 11.9 Å². The summed E-state index contributed by atoms with van der Waals surface area (Å²) in [6, 6.07) is 24.4. The van der Waals surface area contributed by atoms with Crippen LogP contribution in [-0.2, 0) is 4.79 Å². The van der Waals surface area contributed by atoms with Gasteiger partial charge in [-0.2, -0.15) is 0 Å². The Kier molecular flexibility index (Phi) is 7.88. The molecule has 2 unspecified atom stereocenters. The number of nitrogens with zero attached hydrogens (tertiary/aromatic N) is 1. The lowest BCUT2D eigenvalue weighted by Crippen LogP contribution is -2.56. The van der Waals surface area contributed by atoms with Gasteiger partial charge in [-0.25, -0.2) is 0 Å². The number of para-hydroxylation sites is 1. The van der Waals surface area contributed by atoms with E-state index < -0.39 is 6.04 Å². The smallest absolute Gasteiger partial charge is 0.251 e. The van der Waals surface area contributed by atoms with E-state index in [1.165, 1.54) is 0 Å². The molecule has 2 amide bonds. The molecule has 1 aliphatic heterocycles. The zero-order chi connectivity index (χ0) is 25.8. The number of benzene rings is 3. The molecule has 0 spiro atoms. The molecule has 36 heavy (non-hydrogen) atoms. The van der Waals surface area contributed by atoms with Crippen LogP contribution in [0.1, 0.15) is 34.3 Å². The summed E-state index contributed by atoms with van der Waals surface area (Å²) in [5.74, 6) is -0.105. The lowest BCUT2D eigenvalue weighted by molar-refractivity contribution is -0.131. The summed E-state index contributed by atoms with van der Waals surface area (Å²) < 4.78 is 0. The molecule has 0 aliphatic carbocycles. The Morgan fingerprint density at radius 3 is 2.33 bits per heavy atom. The molecular formula is C29H33N4O2P. The Morgan fingerprint density at radius 1 is 1.00 bits per heavy atom. The fourth-order valence-corrected chi connectivity index (χ4v) is 4.85. The summed E-state index contributed by atoms with van der Waals surface area (Å²) in [5, 5.41) is 11.0. The van der Waals surface area contributed by atoms with Crippen LogP contribution in [0.3, 0.4) is 0 Å².